The molecule has 0 aliphatic rings. The van der Waals surface area contributed by atoms with E-state index in [9.17, 15) is 0 Å². The zero-order chi connectivity index (χ0) is 29.7. The molecule has 0 saturated carbocycles. The maximum Gasteiger partial charge on any atom is 0.0963 e. The van der Waals surface area contributed by atoms with Crippen LogP contribution in [0.5, 0.6) is 0 Å². The highest BCUT2D eigenvalue weighted by Crippen LogP contribution is 2.37. The minimum atomic E-state index is 0.845. The molecule has 4 nitrogen and oxygen atoms in total. The Hall–Kier alpha value is -6.13. The lowest BCUT2D eigenvalue weighted by atomic mass is 9.94. The van der Waals surface area contributed by atoms with E-state index in [1.54, 1.807) is 0 Å². The maximum absolute atomic E-state index is 5.21. The fraction of sp³-hybridized carbons (Fsp3) is 0. The molecule has 210 valence electrons. The third kappa shape index (κ3) is 4.19. The minimum absolute atomic E-state index is 0.845. The van der Waals surface area contributed by atoms with Gasteiger partial charge in [0.05, 0.1) is 33.6 Å². The number of hydrogen-bond acceptors (Lipinski definition) is 3. The molecule has 4 heterocycles. The molecule has 0 N–H and O–H groups in total. The molecule has 0 fully saturated rings. The fourth-order valence-electron chi connectivity index (χ4n) is 6.61. The number of rotatable bonds is 4. The first-order chi connectivity index (χ1) is 22.3. The van der Waals surface area contributed by atoms with Crippen LogP contribution in [-0.4, -0.2) is 19.5 Å². The van der Waals surface area contributed by atoms with Crippen molar-refractivity contribution in [3.8, 4) is 39.5 Å². The van der Waals surface area contributed by atoms with Crippen molar-refractivity contribution in [2.24, 2.45) is 0 Å². The number of fused-ring (bicyclic) bond motifs is 6. The third-order valence-electron chi connectivity index (χ3n) is 8.68. The van der Waals surface area contributed by atoms with Crippen molar-refractivity contribution in [2.75, 3.05) is 0 Å². The van der Waals surface area contributed by atoms with Gasteiger partial charge in [-0.15, -0.1) is 0 Å². The largest absolute Gasteiger partial charge is 0.308 e. The highest BCUT2D eigenvalue weighted by atomic mass is 15.0. The molecule has 4 heteroatoms. The summed E-state index contributed by atoms with van der Waals surface area (Å²) in [5, 5.41) is 6.00. The zero-order valence-electron chi connectivity index (χ0n) is 24.3. The van der Waals surface area contributed by atoms with Crippen molar-refractivity contribution in [3.05, 3.63) is 158 Å². The van der Waals surface area contributed by atoms with Gasteiger partial charge in [0.25, 0.3) is 0 Å². The molecule has 0 aliphatic carbocycles. The van der Waals surface area contributed by atoms with Crippen molar-refractivity contribution in [3.63, 3.8) is 0 Å². The van der Waals surface area contributed by atoms with Crippen LogP contribution in [0.25, 0.3) is 82.9 Å². The Kier molecular flexibility index (Phi) is 5.78. The Bertz CT molecular complexity index is 2480. The van der Waals surface area contributed by atoms with Gasteiger partial charge in [-0.1, -0.05) is 84.9 Å². The molecule has 0 amide bonds. The number of pyridine rings is 3. The van der Waals surface area contributed by atoms with Crippen molar-refractivity contribution < 1.29 is 0 Å². The summed E-state index contributed by atoms with van der Waals surface area (Å²) in [6.45, 7) is 0. The van der Waals surface area contributed by atoms with E-state index in [4.69, 9.17) is 9.97 Å². The van der Waals surface area contributed by atoms with Crippen LogP contribution < -0.4 is 0 Å². The van der Waals surface area contributed by atoms with Crippen molar-refractivity contribution in [2.45, 2.75) is 0 Å². The van der Waals surface area contributed by atoms with Crippen LogP contribution in [0, 0.1) is 0 Å². The van der Waals surface area contributed by atoms with Gasteiger partial charge < -0.3 is 4.57 Å². The van der Waals surface area contributed by atoms with Gasteiger partial charge >= 0.3 is 0 Å². The van der Waals surface area contributed by atoms with Gasteiger partial charge in [-0.25, -0.2) is 4.98 Å². The standard InChI is InChI=1S/C41H26N4/c1-2-11-31-28(10-1)24-35(33-13-4-3-12-32(31)33)37-25-29(26-38(44-37)36-15-7-8-22-42-36)27-18-20-30(21-19-27)45-39-16-6-5-14-34(39)41-40(45)17-9-23-43-41/h1-26H. The molecule has 0 radical (unpaired) electrons. The minimum Gasteiger partial charge on any atom is -0.308 e. The Morgan fingerprint density at radius 3 is 1.96 bits per heavy atom. The zero-order valence-corrected chi connectivity index (χ0v) is 24.3. The molecular formula is C41H26N4. The van der Waals surface area contributed by atoms with Crippen molar-refractivity contribution in [1.29, 1.82) is 0 Å². The molecule has 9 rings (SSSR count). The lowest BCUT2D eigenvalue weighted by molar-refractivity contribution is 1.17. The summed E-state index contributed by atoms with van der Waals surface area (Å²) >= 11 is 0. The van der Waals surface area contributed by atoms with Gasteiger partial charge in [0.1, 0.15) is 0 Å². The molecule has 5 aromatic carbocycles. The predicted molar refractivity (Wildman–Crippen MR) is 185 cm³/mol. The first kappa shape index (κ1) is 25.4. The highest BCUT2D eigenvalue weighted by Gasteiger charge is 2.15. The SMILES string of the molecule is c1ccc(-c2cc(-c3ccc(-n4c5ccccc5c5ncccc54)cc3)cc(-c3cc4ccccc4c4ccccc34)n2)nc1. The van der Waals surface area contributed by atoms with Crippen LogP contribution in [0.3, 0.4) is 0 Å². The molecule has 0 unspecified atom stereocenters. The van der Waals surface area contributed by atoms with Crippen LogP contribution in [0.4, 0.5) is 0 Å². The van der Waals surface area contributed by atoms with E-state index >= 15 is 0 Å². The quantitative estimate of drug-likeness (QED) is 0.196. The molecule has 0 bridgehead atoms. The van der Waals surface area contributed by atoms with Gasteiger partial charge in [-0.2, -0.15) is 0 Å². The van der Waals surface area contributed by atoms with Gasteiger partial charge in [0, 0.05) is 29.0 Å². The second-order valence-electron chi connectivity index (χ2n) is 11.3. The molecule has 0 spiro atoms. The Morgan fingerprint density at radius 1 is 0.422 bits per heavy atom. The number of aromatic nitrogens is 4. The van der Waals surface area contributed by atoms with Crippen molar-refractivity contribution in [1.82, 2.24) is 19.5 Å². The number of para-hydroxylation sites is 1. The first-order valence-electron chi connectivity index (χ1n) is 15.1. The number of hydrogen-bond donors (Lipinski definition) is 0. The summed E-state index contributed by atoms with van der Waals surface area (Å²) in [6, 6.07) is 51.2. The lowest BCUT2D eigenvalue weighted by Crippen LogP contribution is -1.95. The Labute approximate surface area is 259 Å². The highest BCUT2D eigenvalue weighted by molar-refractivity contribution is 6.13. The van der Waals surface area contributed by atoms with E-state index in [1.165, 1.54) is 21.5 Å². The average Bonchev–Trinajstić information content (AvgIpc) is 3.46. The molecule has 4 aromatic heterocycles. The maximum atomic E-state index is 5.21. The summed E-state index contributed by atoms with van der Waals surface area (Å²) in [5.74, 6) is 0. The van der Waals surface area contributed by atoms with E-state index in [0.29, 0.717) is 0 Å². The van der Waals surface area contributed by atoms with Gasteiger partial charge in [-0.3, -0.25) is 9.97 Å². The topological polar surface area (TPSA) is 43.6 Å². The van der Waals surface area contributed by atoms with Gasteiger partial charge in [0.2, 0.25) is 0 Å². The summed E-state index contributed by atoms with van der Waals surface area (Å²) in [4.78, 5) is 14.6. The third-order valence-corrected chi connectivity index (χ3v) is 8.68. The number of benzene rings is 5. The molecule has 0 atom stereocenters. The van der Waals surface area contributed by atoms with E-state index in [0.717, 1.165) is 61.4 Å². The van der Waals surface area contributed by atoms with E-state index < -0.39 is 0 Å². The molecular weight excluding hydrogens is 548 g/mol. The summed E-state index contributed by atoms with van der Waals surface area (Å²) in [5.41, 5.74) is 10.3. The van der Waals surface area contributed by atoms with Crippen LogP contribution >= 0.6 is 0 Å². The van der Waals surface area contributed by atoms with Crippen molar-refractivity contribution >= 4 is 43.5 Å². The van der Waals surface area contributed by atoms with E-state index in [1.807, 2.05) is 36.7 Å². The summed E-state index contributed by atoms with van der Waals surface area (Å²) < 4.78 is 2.29. The second kappa shape index (κ2) is 10.2. The van der Waals surface area contributed by atoms with Crippen LogP contribution in [0.15, 0.2) is 158 Å². The normalized spacial score (nSPS) is 11.6. The van der Waals surface area contributed by atoms with Crippen LogP contribution in [0.1, 0.15) is 0 Å². The Balaban J connectivity index is 1.23. The van der Waals surface area contributed by atoms with E-state index in [-0.39, 0.29) is 0 Å². The van der Waals surface area contributed by atoms with E-state index in [2.05, 4.69) is 131 Å². The van der Waals surface area contributed by atoms with Gasteiger partial charge in [0.15, 0.2) is 0 Å². The molecule has 0 saturated heterocycles. The summed E-state index contributed by atoms with van der Waals surface area (Å²) in [7, 11) is 0. The van der Waals surface area contributed by atoms with Gasteiger partial charge in [-0.05, 0) is 93.3 Å². The second-order valence-corrected chi connectivity index (χ2v) is 11.3. The monoisotopic (exact) mass is 574 g/mol. The smallest absolute Gasteiger partial charge is 0.0963 e. The lowest BCUT2D eigenvalue weighted by Gasteiger charge is -2.14. The molecule has 9 aromatic rings. The van der Waals surface area contributed by atoms with Crippen LogP contribution in [0.2, 0.25) is 0 Å². The number of nitrogens with zero attached hydrogens (tertiary/aromatic N) is 4. The average molecular weight is 575 g/mol. The molecule has 45 heavy (non-hydrogen) atoms. The first-order valence-corrected chi connectivity index (χ1v) is 15.1. The fourth-order valence-corrected chi connectivity index (χ4v) is 6.61. The van der Waals surface area contributed by atoms with Crippen LogP contribution in [-0.2, 0) is 0 Å². The predicted octanol–water partition coefficient (Wildman–Crippen LogP) is 10.3. The Morgan fingerprint density at radius 2 is 1.11 bits per heavy atom. The molecule has 0 aliphatic heterocycles. The summed E-state index contributed by atoms with van der Waals surface area (Å²) in [6.07, 6.45) is 3.69.